The molecule has 0 amide bonds. The second-order valence-corrected chi connectivity index (χ2v) is 4.15. The number of hydrogen-bond acceptors (Lipinski definition) is 2. The number of nitrogens with two attached hydrogens (primary N) is 1. The Kier molecular flexibility index (Phi) is 4.21. The number of ether oxygens (including phenoxy) is 1. The topological polar surface area (TPSA) is 35.2 Å². The van der Waals surface area contributed by atoms with Gasteiger partial charge in [-0.25, -0.2) is 0 Å². The first-order valence-corrected chi connectivity index (χ1v) is 5.33. The highest BCUT2D eigenvalue weighted by Crippen LogP contribution is 2.27. The third-order valence-corrected chi connectivity index (χ3v) is 2.51. The minimum Gasteiger partial charge on any atom is -0.481 e. The molecule has 0 radical (unpaired) electrons. The number of rotatable bonds is 3. The van der Waals surface area contributed by atoms with Crippen molar-refractivity contribution in [2.24, 2.45) is 5.73 Å². The molecule has 1 aromatic rings. The zero-order chi connectivity index (χ0) is 13.2. The molecule has 17 heavy (non-hydrogen) atoms. The minimum absolute atomic E-state index is 0.0137. The first-order chi connectivity index (χ1) is 7.71. The molecule has 0 heterocycles. The Morgan fingerprint density at radius 3 is 2.47 bits per heavy atom. The van der Waals surface area contributed by atoms with E-state index in [1.165, 1.54) is 18.2 Å². The minimum atomic E-state index is -4.42. The largest absolute Gasteiger partial charge is 0.481 e. The van der Waals surface area contributed by atoms with Crippen molar-refractivity contribution in [2.75, 3.05) is 0 Å². The summed E-state index contributed by atoms with van der Waals surface area (Å²) in [5.41, 5.74) is 5.76. The lowest BCUT2D eigenvalue weighted by atomic mass is 10.2. The highest BCUT2D eigenvalue weighted by molar-refractivity contribution is 7.80. The van der Waals surface area contributed by atoms with Gasteiger partial charge >= 0.3 is 6.18 Å². The van der Waals surface area contributed by atoms with Crippen LogP contribution in [0.2, 0.25) is 5.02 Å². The summed E-state index contributed by atoms with van der Waals surface area (Å²) in [6.07, 6.45) is -6.33. The Balaban J connectivity index is 2.88. The zero-order valence-corrected chi connectivity index (χ0v) is 10.3. The van der Waals surface area contributed by atoms with Gasteiger partial charge in [0, 0.05) is 5.56 Å². The normalized spacial score (nSPS) is 13.2. The summed E-state index contributed by atoms with van der Waals surface area (Å²) >= 11 is 10.5. The van der Waals surface area contributed by atoms with Crippen LogP contribution in [0.3, 0.4) is 0 Å². The first-order valence-electron chi connectivity index (χ1n) is 4.54. The van der Waals surface area contributed by atoms with E-state index in [1.807, 2.05) is 0 Å². The molecule has 1 atom stereocenters. The summed E-state index contributed by atoms with van der Waals surface area (Å²) in [7, 11) is 0. The lowest BCUT2D eigenvalue weighted by Crippen LogP contribution is -2.31. The Bertz CT molecular complexity index is 436. The van der Waals surface area contributed by atoms with Crippen molar-refractivity contribution in [1.82, 2.24) is 0 Å². The zero-order valence-electron chi connectivity index (χ0n) is 8.72. The highest BCUT2D eigenvalue weighted by atomic mass is 35.5. The molecule has 0 aliphatic carbocycles. The van der Waals surface area contributed by atoms with Crippen LogP contribution in [0.25, 0.3) is 0 Å². The highest BCUT2D eigenvalue weighted by Gasteiger charge is 2.38. The van der Waals surface area contributed by atoms with Gasteiger partial charge in [0.25, 0.3) is 0 Å². The molecule has 2 N–H and O–H groups in total. The molecule has 94 valence electrons. The van der Waals surface area contributed by atoms with Gasteiger partial charge in [0.1, 0.15) is 10.7 Å². The van der Waals surface area contributed by atoms with Crippen LogP contribution in [0.15, 0.2) is 18.2 Å². The van der Waals surface area contributed by atoms with Gasteiger partial charge < -0.3 is 10.5 Å². The lowest BCUT2D eigenvalue weighted by molar-refractivity contribution is -0.189. The molecule has 1 unspecified atom stereocenters. The molecule has 0 bridgehead atoms. The van der Waals surface area contributed by atoms with E-state index in [9.17, 15) is 13.2 Å². The van der Waals surface area contributed by atoms with Crippen LogP contribution in [0.1, 0.15) is 12.5 Å². The fourth-order valence-corrected chi connectivity index (χ4v) is 1.55. The second kappa shape index (κ2) is 5.10. The van der Waals surface area contributed by atoms with Gasteiger partial charge in [0.05, 0.1) is 5.02 Å². The van der Waals surface area contributed by atoms with E-state index >= 15 is 0 Å². The number of thiocarbonyl (C=S) groups is 1. The SMILES string of the molecule is CC(Oc1ccc(C(N)=S)c(Cl)c1)C(F)(F)F. The predicted molar refractivity (Wildman–Crippen MR) is 63.5 cm³/mol. The molecule has 0 saturated carbocycles. The molecule has 0 aromatic heterocycles. The fraction of sp³-hybridized carbons (Fsp3) is 0.300. The average Bonchev–Trinajstić information content (AvgIpc) is 2.15. The van der Waals surface area contributed by atoms with Gasteiger partial charge in [0.2, 0.25) is 0 Å². The molecule has 0 fully saturated rings. The van der Waals surface area contributed by atoms with E-state index in [2.05, 4.69) is 0 Å². The maximum Gasteiger partial charge on any atom is 0.425 e. The van der Waals surface area contributed by atoms with E-state index in [0.717, 1.165) is 6.92 Å². The molecule has 0 spiro atoms. The van der Waals surface area contributed by atoms with Gasteiger partial charge in [-0.1, -0.05) is 23.8 Å². The number of benzene rings is 1. The maximum absolute atomic E-state index is 12.2. The smallest absolute Gasteiger partial charge is 0.425 e. The molecular weight excluding hydrogens is 275 g/mol. The van der Waals surface area contributed by atoms with Gasteiger partial charge in [-0.15, -0.1) is 0 Å². The van der Waals surface area contributed by atoms with E-state index in [-0.39, 0.29) is 15.8 Å². The van der Waals surface area contributed by atoms with Crippen molar-refractivity contribution in [3.63, 3.8) is 0 Å². The van der Waals surface area contributed by atoms with Crippen molar-refractivity contribution in [3.8, 4) is 5.75 Å². The Morgan fingerprint density at radius 2 is 2.06 bits per heavy atom. The van der Waals surface area contributed by atoms with Gasteiger partial charge in [0.15, 0.2) is 6.10 Å². The quantitative estimate of drug-likeness (QED) is 0.865. The van der Waals surface area contributed by atoms with Crippen LogP contribution in [-0.2, 0) is 0 Å². The van der Waals surface area contributed by atoms with Crippen molar-refractivity contribution < 1.29 is 17.9 Å². The summed E-state index contributed by atoms with van der Waals surface area (Å²) in [5.74, 6) is 0.0137. The molecule has 0 aliphatic rings. The van der Waals surface area contributed by atoms with Crippen LogP contribution in [0.4, 0.5) is 13.2 Å². The van der Waals surface area contributed by atoms with E-state index < -0.39 is 12.3 Å². The van der Waals surface area contributed by atoms with E-state index in [1.54, 1.807) is 0 Å². The third kappa shape index (κ3) is 3.74. The summed E-state index contributed by atoms with van der Waals surface area (Å²) in [6.45, 7) is 0.912. The van der Waals surface area contributed by atoms with Crippen molar-refractivity contribution >= 4 is 28.8 Å². The summed E-state index contributed by atoms with van der Waals surface area (Å²) in [4.78, 5) is 0.0745. The summed E-state index contributed by atoms with van der Waals surface area (Å²) in [6, 6.07) is 4.00. The standard InChI is InChI=1S/C10H9ClF3NOS/c1-5(10(12,13)14)16-6-2-3-7(9(15)17)8(11)4-6/h2-5H,1H3,(H2,15,17). The predicted octanol–water partition coefficient (Wildman–Crippen LogP) is 3.30. The molecule has 1 rings (SSSR count). The van der Waals surface area contributed by atoms with Crippen molar-refractivity contribution in [2.45, 2.75) is 19.2 Å². The van der Waals surface area contributed by atoms with Crippen molar-refractivity contribution in [1.29, 1.82) is 0 Å². The molecule has 0 saturated heterocycles. The van der Waals surface area contributed by atoms with Crippen LogP contribution in [-0.4, -0.2) is 17.3 Å². The monoisotopic (exact) mass is 283 g/mol. The molecular formula is C10H9ClF3NOS. The van der Waals surface area contributed by atoms with Gasteiger partial charge in [-0.05, 0) is 25.1 Å². The molecule has 2 nitrogen and oxygen atoms in total. The number of alkyl halides is 3. The maximum atomic E-state index is 12.2. The van der Waals surface area contributed by atoms with Crippen molar-refractivity contribution in [3.05, 3.63) is 28.8 Å². The van der Waals surface area contributed by atoms with Crippen LogP contribution in [0.5, 0.6) is 5.75 Å². The number of halogens is 4. The first kappa shape index (κ1) is 14.1. The van der Waals surface area contributed by atoms with E-state index in [0.29, 0.717) is 5.56 Å². The third-order valence-electron chi connectivity index (χ3n) is 1.98. The lowest BCUT2D eigenvalue weighted by Gasteiger charge is -2.18. The van der Waals surface area contributed by atoms with Gasteiger partial charge in [-0.3, -0.25) is 0 Å². The van der Waals surface area contributed by atoms with Crippen LogP contribution in [0, 0.1) is 0 Å². The molecule has 7 heteroatoms. The molecule has 0 aliphatic heterocycles. The van der Waals surface area contributed by atoms with Gasteiger partial charge in [-0.2, -0.15) is 13.2 Å². The van der Waals surface area contributed by atoms with Crippen LogP contribution < -0.4 is 10.5 Å². The second-order valence-electron chi connectivity index (χ2n) is 3.31. The number of hydrogen-bond donors (Lipinski definition) is 1. The van der Waals surface area contributed by atoms with E-state index in [4.69, 9.17) is 34.3 Å². The summed E-state index contributed by atoms with van der Waals surface area (Å²) in [5, 5.41) is 0.157. The fourth-order valence-electron chi connectivity index (χ4n) is 1.04. The Labute approximate surface area is 107 Å². The van der Waals surface area contributed by atoms with Crippen LogP contribution >= 0.6 is 23.8 Å². The molecule has 1 aromatic carbocycles. The average molecular weight is 284 g/mol. The Morgan fingerprint density at radius 1 is 1.47 bits per heavy atom. The Hall–Kier alpha value is -1.01. The summed E-state index contributed by atoms with van der Waals surface area (Å²) < 4.78 is 41.4.